The second-order valence-electron chi connectivity index (χ2n) is 5.55. The molecular formula is C15H13FN2O5S. The number of hydrogen-bond donors (Lipinski definition) is 2. The molecule has 126 valence electrons. The molecule has 24 heavy (non-hydrogen) atoms. The van der Waals surface area contributed by atoms with Crippen molar-refractivity contribution >= 4 is 21.7 Å². The summed E-state index contributed by atoms with van der Waals surface area (Å²) in [6.07, 6.45) is -0.351. The van der Waals surface area contributed by atoms with Gasteiger partial charge in [-0.1, -0.05) is 0 Å². The third-order valence-electron chi connectivity index (χ3n) is 3.70. The van der Waals surface area contributed by atoms with Gasteiger partial charge in [0.05, 0.1) is 16.9 Å². The highest BCUT2D eigenvalue weighted by atomic mass is 32.2. The molecule has 3 rings (SSSR count). The number of fused-ring (bicyclic) bond motifs is 1. The van der Waals surface area contributed by atoms with Gasteiger partial charge in [-0.25, -0.2) is 26.9 Å². The van der Waals surface area contributed by atoms with Crippen molar-refractivity contribution in [3.63, 3.8) is 0 Å². The van der Waals surface area contributed by atoms with E-state index >= 15 is 4.39 Å². The van der Waals surface area contributed by atoms with Crippen LogP contribution in [-0.4, -0.2) is 35.4 Å². The summed E-state index contributed by atoms with van der Waals surface area (Å²) < 4.78 is 41.3. The summed E-state index contributed by atoms with van der Waals surface area (Å²) >= 11 is 0. The second kappa shape index (κ2) is 5.17. The van der Waals surface area contributed by atoms with Gasteiger partial charge < -0.3 is 10.2 Å². The molecule has 1 aliphatic heterocycles. The van der Waals surface area contributed by atoms with Crippen LogP contribution in [0.1, 0.15) is 23.0 Å². The zero-order chi connectivity index (χ0) is 17.7. The molecule has 0 aliphatic carbocycles. The van der Waals surface area contributed by atoms with Crippen molar-refractivity contribution in [2.24, 2.45) is 0 Å². The van der Waals surface area contributed by atoms with Gasteiger partial charge in [-0.15, -0.1) is 0 Å². The maximum Gasteiger partial charge on any atom is 0.335 e. The number of anilines is 1. The number of nitrogens with zero attached hydrogens (tertiary/aromatic N) is 2. The monoisotopic (exact) mass is 352 g/mol. The number of carboxylic acids is 1. The highest BCUT2D eigenvalue weighted by molar-refractivity contribution is 7.93. The molecule has 2 N–H and O–H groups in total. The Balaban J connectivity index is 2.16. The number of pyridine rings is 1. The maximum absolute atomic E-state index is 15.1. The molecule has 0 spiro atoms. The molecule has 7 nitrogen and oxygen atoms in total. The lowest BCUT2D eigenvalue weighted by atomic mass is 10.1. The number of hydrogen-bond acceptors (Lipinski definition) is 5. The van der Waals surface area contributed by atoms with Crippen molar-refractivity contribution in [1.29, 1.82) is 0 Å². The smallest absolute Gasteiger partial charge is 0.335 e. The number of carboxylic acid groups (broad SMARTS) is 1. The van der Waals surface area contributed by atoms with Gasteiger partial charge in [0.1, 0.15) is 4.90 Å². The SMILES string of the molecule is CC1(F)Cc2nc(O)ccc2S(=O)(=O)N1c1ccc(C(=O)O)cc1. The predicted octanol–water partition coefficient (Wildman–Crippen LogP) is 1.92. The Kier molecular flexibility index (Phi) is 3.48. The third-order valence-corrected chi connectivity index (χ3v) is 5.70. The minimum atomic E-state index is -4.26. The van der Waals surface area contributed by atoms with Crippen molar-refractivity contribution in [2.45, 2.75) is 24.0 Å². The first kappa shape index (κ1) is 16.2. The molecule has 1 atom stereocenters. The van der Waals surface area contributed by atoms with E-state index in [0.717, 1.165) is 13.0 Å². The Bertz CT molecular complexity index is 925. The number of aromatic carboxylic acids is 1. The zero-order valence-corrected chi connectivity index (χ0v) is 13.3. The Morgan fingerprint density at radius 3 is 2.46 bits per heavy atom. The van der Waals surface area contributed by atoms with Crippen LogP contribution in [0, 0.1) is 0 Å². The van der Waals surface area contributed by atoms with E-state index in [2.05, 4.69) is 4.98 Å². The van der Waals surface area contributed by atoms with Gasteiger partial charge in [0.15, 0.2) is 5.79 Å². The average molecular weight is 352 g/mol. The minimum Gasteiger partial charge on any atom is -0.493 e. The summed E-state index contributed by atoms with van der Waals surface area (Å²) in [6, 6.07) is 7.15. The van der Waals surface area contributed by atoms with Crippen LogP contribution in [0.4, 0.5) is 10.1 Å². The van der Waals surface area contributed by atoms with Gasteiger partial charge in [-0.2, -0.15) is 0 Å². The number of aromatic nitrogens is 1. The van der Waals surface area contributed by atoms with Gasteiger partial charge in [0, 0.05) is 12.5 Å². The minimum absolute atomic E-state index is 0.00345. The van der Waals surface area contributed by atoms with Crippen LogP contribution in [0.25, 0.3) is 0 Å². The van der Waals surface area contributed by atoms with Crippen LogP contribution in [0.2, 0.25) is 0 Å². The molecule has 1 aromatic carbocycles. The Morgan fingerprint density at radius 1 is 1.25 bits per heavy atom. The van der Waals surface area contributed by atoms with E-state index in [1.54, 1.807) is 0 Å². The highest BCUT2D eigenvalue weighted by Crippen LogP contribution is 2.40. The topological polar surface area (TPSA) is 108 Å². The quantitative estimate of drug-likeness (QED) is 0.800. The van der Waals surface area contributed by atoms with Crippen LogP contribution in [0.5, 0.6) is 5.88 Å². The second-order valence-corrected chi connectivity index (χ2v) is 7.31. The van der Waals surface area contributed by atoms with E-state index in [1.807, 2.05) is 0 Å². The summed E-state index contributed by atoms with van der Waals surface area (Å²) in [7, 11) is -4.26. The van der Waals surface area contributed by atoms with E-state index in [1.165, 1.54) is 30.3 Å². The fourth-order valence-corrected chi connectivity index (χ4v) is 4.53. The molecule has 2 aromatic rings. The molecule has 0 amide bonds. The lowest BCUT2D eigenvalue weighted by molar-refractivity contribution is 0.0697. The number of aromatic hydroxyl groups is 1. The van der Waals surface area contributed by atoms with Gasteiger partial charge in [-0.3, -0.25) is 0 Å². The average Bonchev–Trinajstić information content (AvgIpc) is 2.45. The van der Waals surface area contributed by atoms with E-state index in [-0.39, 0.29) is 34.1 Å². The molecule has 1 aromatic heterocycles. The maximum atomic E-state index is 15.1. The van der Waals surface area contributed by atoms with Gasteiger partial charge in [0.25, 0.3) is 10.0 Å². The summed E-state index contributed by atoms with van der Waals surface area (Å²) in [6.45, 7) is 1.09. The lowest BCUT2D eigenvalue weighted by Gasteiger charge is -2.39. The summed E-state index contributed by atoms with van der Waals surface area (Å²) in [5.41, 5.74) is -0.0946. The number of halogens is 1. The number of sulfonamides is 1. The number of alkyl halides is 1. The predicted molar refractivity (Wildman–Crippen MR) is 82.2 cm³/mol. The van der Waals surface area contributed by atoms with Gasteiger partial charge >= 0.3 is 5.97 Å². The first-order chi connectivity index (χ1) is 11.1. The van der Waals surface area contributed by atoms with Gasteiger partial charge in [-0.05, 0) is 37.3 Å². The fourth-order valence-electron chi connectivity index (χ4n) is 2.71. The van der Waals surface area contributed by atoms with E-state index in [4.69, 9.17) is 5.11 Å². The fraction of sp³-hybridized carbons (Fsp3) is 0.200. The molecule has 1 aliphatic rings. The van der Waals surface area contributed by atoms with Crippen LogP contribution in [0.3, 0.4) is 0 Å². The van der Waals surface area contributed by atoms with E-state index < -0.39 is 21.8 Å². The zero-order valence-electron chi connectivity index (χ0n) is 12.5. The van der Waals surface area contributed by atoms with Crippen molar-refractivity contribution < 1.29 is 27.8 Å². The highest BCUT2D eigenvalue weighted by Gasteiger charge is 2.47. The van der Waals surface area contributed by atoms with Crippen LogP contribution in [-0.2, 0) is 16.4 Å². The van der Waals surface area contributed by atoms with E-state index in [9.17, 15) is 18.3 Å². The van der Waals surface area contributed by atoms with Crippen molar-refractivity contribution in [3.8, 4) is 5.88 Å². The first-order valence-corrected chi connectivity index (χ1v) is 8.33. The Labute approximate surface area is 137 Å². The Hall–Kier alpha value is -2.68. The number of benzene rings is 1. The van der Waals surface area contributed by atoms with Crippen molar-refractivity contribution in [2.75, 3.05) is 4.31 Å². The number of carbonyl (C=O) groups is 1. The molecule has 2 heterocycles. The molecule has 9 heteroatoms. The molecule has 0 saturated carbocycles. The summed E-state index contributed by atoms with van der Waals surface area (Å²) in [5.74, 6) is -3.88. The molecular weight excluding hydrogens is 339 g/mol. The molecule has 0 radical (unpaired) electrons. The van der Waals surface area contributed by atoms with Crippen LogP contribution < -0.4 is 4.31 Å². The normalized spacial score (nSPS) is 22.0. The first-order valence-electron chi connectivity index (χ1n) is 6.89. The molecule has 0 fully saturated rings. The van der Waals surface area contributed by atoms with Crippen molar-refractivity contribution in [3.05, 3.63) is 47.7 Å². The molecule has 0 bridgehead atoms. The largest absolute Gasteiger partial charge is 0.493 e. The molecule has 1 unspecified atom stereocenters. The standard InChI is InChI=1S/C15H13FN2O5S/c1-15(16)8-11-12(6-7-13(19)17-11)24(22,23)18(15)10-4-2-9(3-5-10)14(20)21/h2-7H,8H2,1H3,(H,17,19)(H,20,21). The van der Waals surface area contributed by atoms with Crippen LogP contribution >= 0.6 is 0 Å². The molecule has 0 saturated heterocycles. The Morgan fingerprint density at radius 2 is 1.88 bits per heavy atom. The summed E-state index contributed by atoms with van der Waals surface area (Å²) in [4.78, 5) is 14.4. The van der Waals surface area contributed by atoms with Crippen LogP contribution in [0.15, 0.2) is 41.3 Å². The third kappa shape index (κ3) is 2.46. The van der Waals surface area contributed by atoms with Crippen molar-refractivity contribution in [1.82, 2.24) is 4.98 Å². The van der Waals surface area contributed by atoms with E-state index in [0.29, 0.717) is 4.31 Å². The van der Waals surface area contributed by atoms with Gasteiger partial charge in [0.2, 0.25) is 5.88 Å². The lowest BCUT2D eigenvalue weighted by Crippen LogP contribution is -2.52. The number of rotatable bonds is 2. The summed E-state index contributed by atoms with van der Waals surface area (Å²) in [5, 5.41) is 18.3.